The van der Waals surface area contributed by atoms with Gasteiger partial charge in [-0.25, -0.2) is 4.79 Å². The molecular weight excluding hydrogens is 234 g/mol. The molecule has 0 spiro atoms. The van der Waals surface area contributed by atoms with Gasteiger partial charge in [-0.15, -0.1) is 0 Å². The van der Waals surface area contributed by atoms with Crippen molar-refractivity contribution in [2.75, 3.05) is 0 Å². The van der Waals surface area contributed by atoms with Gasteiger partial charge in [0.2, 0.25) is 0 Å². The lowest BCUT2D eigenvalue weighted by molar-refractivity contribution is -0.139. The van der Waals surface area contributed by atoms with Crippen molar-refractivity contribution in [3.05, 3.63) is 23.8 Å². The molecule has 0 saturated heterocycles. The number of phenols is 2. The number of aliphatic carboxylic acids is 1. The first-order valence-corrected chi connectivity index (χ1v) is 5.73. The summed E-state index contributed by atoms with van der Waals surface area (Å²) in [4.78, 5) is 15.0. The molecule has 0 heterocycles. The molecule has 1 aromatic rings. The molecule has 5 heteroatoms. The second-order valence-electron chi connectivity index (χ2n) is 4.19. The summed E-state index contributed by atoms with van der Waals surface area (Å²) in [5.41, 5.74) is 0.377. The number of phenolic OH excluding ortho intramolecular Hbond substituents is 2. The van der Waals surface area contributed by atoms with Gasteiger partial charge in [-0.3, -0.25) is 4.99 Å². The Labute approximate surface area is 105 Å². The van der Waals surface area contributed by atoms with Crippen LogP contribution in [0.4, 0.5) is 0 Å². The molecule has 0 aliphatic rings. The lowest BCUT2D eigenvalue weighted by Crippen LogP contribution is -2.25. The van der Waals surface area contributed by atoms with Crippen molar-refractivity contribution in [3.63, 3.8) is 0 Å². The molecule has 0 aliphatic carbocycles. The summed E-state index contributed by atoms with van der Waals surface area (Å²) in [5.74, 6) is -1.26. The number of carbonyl (C=O) groups is 1. The lowest BCUT2D eigenvalue weighted by Gasteiger charge is -2.13. The van der Waals surface area contributed by atoms with Crippen molar-refractivity contribution < 1.29 is 20.1 Å². The van der Waals surface area contributed by atoms with Crippen LogP contribution in [0.3, 0.4) is 0 Å². The SMILES string of the molecule is CC[C@H](C)[C@H](N=Cc1ccc(O)cc1O)C(=O)O. The van der Waals surface area contributed by atoms with Crippen molar-refractivity contribution in [1.29, 1.82) is 0 Å². The van der Waals surface area contributed by atoms with Crippen molar-refractivity contribution in [2.45, 2.75) is 26.3 Å². The van der Waals surface area contributed by atoms with E-state index in [1.807, 2.05) is 13.8 Å². The van der Waals surface area contributed by atoms with E-state index in [0.717, 1.165) is 0 Å². The number of hydrogen-bond donors (Lipinski definition) is 3. The second-order valence-corrected chi connectivity index (χ2v) is 4.19. The maximum atomic E-state index is 11.0. The largest absolute Gasteiger partial charge is 0.508 e. The summed E-state index contributed by atoms with van der Waals surface area (Å²) in [6.45, 7) is 3.71. The topological polar surface area (TPSA) is 90.1 Å². The summed E-state index contributed by atoms with van der Waals surface area (Å²) >= 11 is 0. The van der Waals surface area contributed by atoms with E-state index < -0.39 is 12.0 Å². The molecule has 3 N–H and O–H groups in total. The maximum absolute atomic E-state index is 11.0. The van der Waals surface area contributed by atoms with Gasteiger partial charge in [-0.05, 0) is 18.1 Å². The van der Waals surface area contributed by atoms with Crippen LogP contribution in [0.2, 0.25) is 0 Å². The fourth-order valence-corrected chi connectivity index (χ4v) is 1.48. The molecule has 0 fully saturated rings. The molecule has 2 atom stereocenters. The Kier molecular flexibility index (Phi) is 4.71. The average Bonchev–Trinajstić information content (AvgIpc) is 2.31. The average molecular weight is 251 g/mol. The predicted molar refractivity (Wildman–Crippen MR) is 68.2 cm³/mol. The maximum Gasteiger partial charge on any atom is 0.328 e. The molecule has 0 aliphatic heterocycles. The van der Waals surface area contributed by atoms with Gasteiger partial charge >= 0.3 is 5.97 Å². The van der Waals surface area contributed by atoms with Gasteiger partial charge in [0.25, 0.3) is 0 Å². The van der Waals surface area contributed by atoms with Gasteiger partial charge in [0, 0.05) is 17.8 Å². The van der Waals surface area contributed by atoms with E-state index in [-0.39, 0.29) is 17.4 Å². The molecule has 18 heavy (non-hydrogen) atoms. The molecule has 0 aromatic heterocycles. The van der Waals surface area contributed by atoms with Gasteiger partial charge < -0.3 is 15.3 Å². The lowest BCUT2D eigenvalue weighted by atomic mass is 10.00. The zero-order chi connectivity index (χ0) is 13.7. The highest BCUT2D eigenvalue weighted by atomic mass is 16.4. The van der Waals surface area contributed by atoms with Gasteiger partial charge in [0.1, 0.15) is 17.5 Å². The number of aliphatic imine (C=N–C) groups is 1. The molecule has 1 aromatic carbocycles. The number of carboxylic acids is 1. The van der Waals surface area contributed by atoms with Crippen LogP contribution >= 0.6 is 0 Å². The summed E-state index contributed by atoms with van der Waals surface area (Å²) in [6, 6.07) is 3.23. The quantitative estimate of drug-likeness (QED) is 0.698. The Bertz CT molecular complexity index is 456. The zero-order valence-corrected chi connectivity index (χ0v) is 10.4. The van der Waals surface area contributed by atoms with Crippen molar-refractivity contribution in [2.24, 2.45) is 10.9 Å². The Morgan fingerprint density at radius 1 is 1.44 bits per heavy atom. The fourth-order valence-electron chi connectivity index (χ4n) is 1.48. The van der Waals surface area contributed by atoms with Crippen LogP contribution < -0.4 is 0 Å². The summed E-state index contributed by atoms with van der Waals surface area (Å²) in [6.07, 6.45) is 2.02. The first kappa shape index (κ1) is 14.0. The third-order valence-corrected chi connectivity index (χ3v) is 2.82. The Balaban J connectivity index is 2.92. The van der Waals surface area contributed by atoms with Crippen LogP contribution in [0.25, 0.3) is 0 Å². The minimum atomic E-state index is -0.987. The minimum Gasteiger partial charge on any atom is -0.508 e. The Morgan fingerprint density at radius 2 is 2.11 bits per heavy atom. The zero-order valence-electron chi connectivity index (χ0n) is 10.4. The summed E-state index contributed by atoms with van der Waals surface area (Å²) in [7, 11) is 0. The van der Waals surface area contributed by atoms with E-state index in [4.69, 9.17) is 10.2 Å². The number of benzene rings is 1. The van der Waals surface area contributed by atoms with Gasteiger partial charge in [-0.2, -0.15) is 0 Å². The van der Waals surface area contributed by atoms with Gasteiger partial charge in [-0.1, -0.05) is 20.3 Å². The van der Waals surface area contributed by atoms with E-state index in [9.17, 15) is 9.90 Å². The first-order chi connectivity index (χ1) is 8.45. The van der Waals surface area contributed by atoms with Crippen LogP contribution in [-0.2, 0) is 4.79 Å². The predicted octanol–water partition coefficient (Wildman–Crippen LogP) is 2.02. The number of hydrogen-bond acceptors (Lipinski definition) is 4. The van der Waals surface area contributed by atoms with Crippen LogP contribution in [0.5, 0.6) is 11.5 Å². The third-order valence-electron chi connectivity index (χ3n) is 2.82. The summed E-state index contributed by atoms with van der Waals surface area (Å²) in [5, 5.41) is 27.7. The normalized spacial score (nSPS) is 14.6. The molecule has 0 amide bonds. The van der Waals surface area contributed by atoms with Gasteiger partial charge in [0.15, 0.2) is 0 Å². The minimum absolute atomic E-state index is 0.0543. The Morgan fingerprint density at radius 3 is 2.61 bits per heavy atom. The molecule has 0 radical (unpaired) electrons. The highest BCUT2D eigenvalue weighted by Crippen LogP contribution is 2.21. The van der Waals surface area contributed by atoms with Crippen molar-refractivity contribution >= 4 is 12.2 Å². The van der Waals surface area contributed by atoms with Crippen LogP contribution in [0, 0.1) is 5.92 Å². The Hall–Kier alpha value is -2.04. The molecule has 98 valence electrons. The molecule has 0 bridgehead atoms. The highest BCUT2D eigenvalue weighted by Gasteiger charge is 2.21. The molecule has 1 rings (SSSR count). The number of rotatable bonds is 5. The number of aromatic hydroxyl groups is 2. The van der Waals surface area contributed by atoms with E-state index in [1.54, 1.807) is 0 Å². The second kappa shape index (κ2) is 6.05. The van der Waals surface area contributed by atoms with Gasteiger partial charge in [0.05, 0.1) is 0 Å². The molecule has 5 nitrogen and oxygen atoms in total. The summed E-state index contributed by atoms with van der Waals surface area (Å²) < 4.78 is 0. The molecule has 0 unspecified atom stereocenters. The van der Waals surface area contributed by atoms with Crippen LogP contribution in [-0.4, -0.2) is 33.5 Å². The van der Waals surface area contributed by atoms with Crippen LogP contribution in [0.1, 0.15) is 25.8 Å². The molecular formula is C13H17NO4. The van der Waals surface area contributed by atoms with Crippen LogP contribution in [0.15, 0.2) is 23.2 Å². The van der Waals surface area contributed by atoms with E-state index in [0.29, 0.717) is 12.0 Å². The standard InChI is InChI=1S/C13H17NO4/c1-3-8(2)12(13(17)18)14-7-9-4-5-10(15)6-11(9)16/h4-8,12,15-16H,3H2,1-2H3,(H,17,18)/t8-,12-/m0/s1. The third kappa shape index (κ3) is 3.48. The van der Waals surface area contributed by atoms with Crippen molar-refractivity contribution in [1.82, 2.24) is 0 Å². The molecule has 0 saturated carbocycles. The van der Waals surface area contributed by atoms with E-state index >= 15 is 0 Å². The highest BCUT2D eigenvalue weighted by molar-refractivity contribution is 5.86. The fraction of sp³-hybridized carbons (Fsp3) is 0.385. The van der Waals surface area contributed by atoms with Crippen molar-refractivity contribution in [3.8, 4) is 11.5 Å². The number of carboxylic acid groups (broad SMARTS) is 1. The van der Waals surface area contributed by atoms with E-state index in [2.05, 4.69) is 4.99 Å². The van der Waals surface area contributed by atoms with E-state index in [1.165, 1.54) is 24.4 Å². The first-order valence-electron chi connectivity index (χ1n) is 5.73. The smallest absolute Gasteiger partial charge is 0.328 e. The number of nitrogens with zero attached hydrogens (tertiary/aromatic N) is 1. The monoisotopic (exact) mass is 251 g/mol.